The first kappa shape index (κ1) is 21.2. The van der Waals surface area contributed by atoms with Crippen LogP contribution in [0, 0.1) is 0 Å². The van der Waals surface area contributed by atoms with E-state index in [4.69, 9.17) is 4.42 Å². The zero-order valence-corrected chi connectivity index (χ0v) is 22.8. The molecule has 0 saturated carbocycles. The van der Waals surface area contributed by atoms with Gasteiger partial charge in [-0.25, -0.2) is 0 Å². The first-order chi connectivity index (χ1) is 19.8. The third-order valence-electron chi connectivity index (χ3n) is 8.36. The van der Waals surface area contributed by atoms with Gasteiger partial charge < -0.3 is 8.98 Å². The van der Waals surface area contributed by atoms with Crippen molar-refractivity contribution in [2.45, 2.75) is 0 Å². The number of hydrogen-bond donors (Lipinski definition) is 0. The van der Waals surface area contributed by atoms with Crippen LogP contribution in [0.3, 0.4) is 0 Å². The van der Waals surface area contributed by atoms with E-state index in [1.807, 2.05) is 22.7 Å². The number of nitrogens with zero attached hydrogens (tertiary/aromatic N) is 1. The summed E-state index contributed by atoms with van der Waals surface area (Å²) in [5, 5.41) is 7.78. The van der Waals surface area contributed by atoms with Gasteiger partial charge in [-0.15, -0.1) is 22.7 Å². The van der Waals surface area contributed by atoms with Crippen LogP contribution in [-0.4, -0.2) is 4.57 Å². The summed E-state index contributed by atoms with van der Waals surface area (Å²) < 4.78 is 13.9. The van der Waals surface area contributed by atoms with Crippen molar-refractivity contribution in [1.82, 2.24) is 4.57 Å². The van der Waals surface area contributed by atoms with Gasteiger partial charge in [0.2, 0.25) is 0 Å². The zero-order valence-electron chi connectivity index (χ0n) is 21.1. The van der Waals surface area contributed by atoms with Gasteiger partial charge in [0.15, 0.2) is 0 Å². The fourth-order valence-electron chi connectivity index (χ4n) is 6.69. The third-order valence-corrected chi connectivity index (χ3v) is 10.6. The molecule has 0 bridgehead atoms. The average molecular weight is 546 g/mol. The number of rotatable bonds is 2. The Kier molecular flexibility index (Phi) is 3.98. The van der Waals surface area contributed by atoms with Crippen molar-refractivity contribution in [2.75, 3.05) is 0 Å². The minimum Gasteiger partial charge on any atom is -0.456 e. The Morgan fingerprint density at radius 2 is 1.20 bits per heavy atom. The molecular weight excluding hydrogens is 527 g/mol. The summed E-state index contributed by atoms with van der Waals surface area (Å²) in [6.07, 6.45) is 0. The molecule has 2 nitrogen and oxygen atoms in total. The normalized spacial score (nSPS) is 12.5. The molecule has 0 N–H and O–H groups in total. The number of thiophene rings is 1. The molecule has 186 valence electrons. The largest absolute Gasteiger partial charge is 0.456 e. The van der Waals surface area contributed by atoms with Gasteiger partial charge >= 0.3 is 0 Å². The van der Waals surface area contributed by atoms with Crippen molar-refractivity contribution in [3.05, 3.63) is 115 Å². The lowest BCUT2D eigenvalue weighted by atomic mass is 10.00. The monoisotopic (exact) mass is 545 g/mol. The summed E-state index contributed by atoms with van der Waals surface area (Å²) in [6.45, 7) is 0. The fourth-order valence-corrected chi connectivity index (χ4v) is 9.12. The summed E-state index contributed by atoms with van der Waals surface area (Å²) in [5.41, 5.74) is 8.10. The molecule has 4 heteroatoms. The second kappa shape index (κ2) is 7.51. The highest BCUT2D eigenvalue weighted by Gasteiger charge is 2.20. The van der Waals surface area contributed by atoms with Gasteiger partial charge in [0.1, 0.15) is 11.2 Å². The van der Waals surface area contributed by atoms with E-state index in [1.165, 1.54) is 79.0 Å². The molecule has 0 unspecified atom stereocenters. The highest BCUT2D eigenvalue weighted by atomic mass is 32.1. The van der Waals surface area contributed by atoms with Crippen LogP contribution < -0.4 is 0 Å². The van der Waals surface area contributed by atoms with E-state index in [-0.39, 0.29) is 0 Å². The van der Waals surface area contributed by atoms with E-state index in [9.17, 15) is 0 Å². The van der Waals surface area contributed by atoms with Crippen LogP contribution in [-0.2, 0) is 0 Å². The Morgan fingerprint density at radius 3 is 2.08 bits per heavy atom. The first-order valence-electron chi connectivity index (χ1n) is 13.4. The molecule has 0 aliphatic carbocycles. The molecule has 0 radical (unpaired) electrons. The quantitative estimate of drug-likeness (QED) is 0.211. The molecule has 4 aromatic heterocycles. The van der Waals surface area contributed by atoms with Crippen LogP contribution >= 0.6 is 22.7 Å². The standard InChI is InChI=1S/C36H19NOS2/c1-2-7-22(8-3-1)37-25-10-5-4-9-23(25)24-17-20(13-14-26(24)37)21-18-31-35-32(19-21)40-30-16-15-28-34(36(30)35)33-27(38-28)11-6-12-29(33)39-31/h1-19H. The number of benzene rings is 6. The first-order valence-corrected chi connectivity index (χ1v) is 15.1. The van der Waals surface area contributed by atoms with Gasteiger partial charge in [0.05, 0.1) is 11.0 Å². The molecule has 0 aliphatic rings. The van der Waals surface area contributed by atoms with E-state index in [1.54, 1.807) is 0 Å². The van der Waals surface area contributed by atoms with Crippen LogP contribution in [0.1, 0.15) is 0 Å². The number of para-hydroxylation sites is 2. The minimum atomic E-state index is 0.972. The molecule has 0 saturated heterocycles. The highest BCUT2D eigenvalue weighted by Crippen LogP contribution is 2.49. The Morgan fingerprint density at radius 1 is 0.450 bits per heavy atom. The van der Waals surface area contributed by atoms with Gasteiger partial charge in [-0.05, 0) is 77.9 Å². The maximum absolute atomic E-state index is 6.28. The second-order valence-corrected chi connectivity index (χ2v) is 12.7. The average Bonchev–Trinajstić information content (AvgIpc) is 3.63. The minimum absolute atomic E-state index is 0.972. The number of furan rings is 1. The summed E-state index contributed by atoms with van der Waals surface area (Å²) in [4.78, 5) is 0. The fraction of sp³-hybridized carbons (Fsp3) is 0. The Hall–Kier alpha value is -4.64. The van der Waals surface area contributed by atoms with Crippen molar-refractivity contribution in [2.24, 2.45) is 0 Å². The van der Waals surface area contributed by atoms with Gasteiger partial charge in [-0.3, -0.25) is 0 Å². The smallest absolute Gasteiger partial charge is 0.136 e. The van der Waals surface area contributed by atoms with Crippen LogP contribution in [0.2, 0.25) is 0 Å². The molecule has 4 heterocycles. The lowest BCUT2D eigenvalue weighted by molar-refractivity contribution is 0.669. The van der Waals surface area contributed by atoms with Gasteiger partial charge in [0.25, 0.3) is 0 Å². The SMILES string of the molecule is c1ccc(-n2c3ccccc3c3cc(-c4cc5sc6cccc7oc8ccc9sc(c4)c5c9c8c76)ccc32)cc1. The van der Waals surface area contributed by atoms with Gasteiger partial charge in [-0.2, -0.15) is 0 Å². The van der Waals surface area contributed by atoms with E-state index in [0.717, 1.165) is 11.2 Å². The summed E-state index contributed by atoms with van der Waals surface area (Å²) in [7, 11) is 0. The molecule has 0 atom stereocenters. The summed E-state index contributed by atoms with van der Waals surface area (Å²) in [5.74, 6) is 0. The molecule has 0 amide bonds. The predicted octanol–water partition coefficient (Wildman–Crippen LogP) is 11.4. The maximum atomic E-state index is 6.28. The van der Waals surface area contributed by atoms with Crippen molar-refractivity contribution < 1.29 is 4.42 Å². The summed E-state index contributed by atoms with van der Waals surface area (Å²) in [6, 6.07) is 42.0. The zero-order chi connectivity index (χ0) is 25.9. The molecular formula is C36H19NOS2. The molecule has 0 aliphatic heterocycles. The maximum Gasteiger partial charge on any atom is 0.136 e. The van der Waals surface area contributed by atoms with Gasteiger partial charge in [-0.1, -0.05) is 48.5 Å². The third kappa shape index (κ3) is 2.67. The van der Waals surface area contributed by atoms with Crippen molar-refractivity contribution in [3.63, 3.8) is 0 Å². The topological polar surface area (TPSA) is 18.1 Å². The molecule has 10 rings (SSSR count). The number of hydrogen-bond acceptors (Lipinski definition) is 3. The second-order valence-electron chi connectivity index (χ2n) is 10.5. The van der Waals surface area contributed by atoms with E-state index < -0.39 is 0 Å². The lowest BCUT2D eigenvalue weighted by Crippen LogP contribution is -1.92. The Bertz CT molecular complexity index is 2590. The van der Waals surface area contributed by atoms with Crippen molar-refractivity contribution >= 4 is 96.0 Å². The van der Waals surface area contributed by atoms with Crippen LogP contribution in [0.25, 0.3) is 90.1 Å². The van der Waals surface area contributed by atoms with Gasteiger partial charge in [0, 0.05) is 56.8 Å². The highest BCUT2D eigenvalue weighted by molar-refractivity contribution is 7.29. The van der Waals surface area contributed by atoms with E-state index in [0.29, 0.717) is 0 Å². The van der Waals surface area contributed by atoms with Crippen LogP contribution in [0.15, 0.2) is 120 Å². The molecule has 40 heavy (non-hydrogen) atoms. The molecule has 0 spiro atoms. The molecule has 0 fully saturated rings. The van der Waals surface area contributed by atoms with Crippen molar-refractivity contribution in [3.8, 4) is 16.8 Å². The van der Waals surface area contributed by atoms with Crippen molar-refractivity contribution in [1.29, 1.82) is 0 Å². The van der Waals surface area contributed by atoms with E-state index in [2.05, 4.69) is 120 Å². The Balaban J connectivity index is 1.29. The lowest BCUT2D eigenvalue weighted by Gasteiger charge is -2.08. The van der Waals surface area contributed by atoms with Crippen LogP contribution in [0.5, 0.6) is 0 Å². The van der Waals surface area contributed by atoms with Crippen LogP contribution in [0.4, 0.5) is 0 Å². The molecule has 10 aromatic rings. The number of aromatic nitrogens is 1. The summed E-state index contributed by atoms with van der Waals surface area (Å²) >= 11 is 3.76. The number of fused-ring (bicyclic) bond motifs is 3. The molecule has 6 aromatic carbocycles. The van der Waals surface area contributed by atoms with E-state index >= 15 is 0 Å². The predicted molar refractivity (Wildman–Crippen MR) is 173 cm³/mol. The Labute approximate surface area is 236 Å².